The Morgan fingerprint density at radius 2 is 1.35 bits per heavy atom. The van der Waals surface area contributed by atoms with Crippen LogP contribution >= 0.6 is 7.82 Å². The van der Waals surface area contributed by atoms with E-state index >= 15 is 0 Å². The van der Waals surface area contributed by atoms with E-state index in [1.165, 1.54) is 51.4 Å². The van der Waals surface area contributed by atoms with Gasteiger partial charge in [0.15, 0.2) is 0 Å². The first-order valence-corrected chi connectivity index (χ1v) is 9.76. The van der Waals surface area contributed by atoms with Crippen molar-refractivity contribution in [2.24, 2.45) is 0 Å². The third-order valence-corrected chi connectivity index (χ3v) is 5.03. The molecule has 0 aromatic carbocycles. The molecule has 0 unspecified atom stereocenters. The molecule has 0 bridgehead atoms. The molecule has 0 saturated carbocycles. The lowest BCUT2D eigenvalue weighted by Crippen LogP contribution is -2.10. The van der Waals surface area contributed by atoms with Gasteiger partial charge in [-0.15, -0.1) is 0 Å². The summed E-state index contributed by atoms with van der Waals surface area (Å²) in [7, 11) is -3.19. The fourth-order valence-corrected chi connectivity index (χ4v) is 3.57. The zero-order valence-corrected chi connectivity index (χ0v) is 13.9. The van der Waals surface area contributed by atoms with Crippen molar-refractivity contribution in [2.75, 3.05) is 19.8 Å². The van der Waals surface area contributed by atoms with E-state index in [-0.39, 0.29) is 0 Å². The third kappa shape index (κ3) is 9.12. The van der Waals surface area contributed by atoms with Gasteiger partial charge in [-0.05, 0) is 12.8 Å². The molecule has 20 heavy (non-hydrogen) atoms. The molecule has 0 aromatic rings. The van der Waals surface area contributed by atoms with Gasteiger partial charge in [0, 0.05) is 0 Å². The number of phosphoric acid groups is 1. The maximum absolute atomic E-state index is 11.8. The first kappa shape index (κ1) is 18.2. The van der Waals surface area contributed by atoms with Crippen LogP contribution in [0.3, 0.4) is 0 Å². The van der Waals surface area contributed by atoms with Gasteiger partial charge in [0.05, 0.1) is 19.8 Å². The Morgan fingerprint density at radius 1 is 0.850 bits per heavy atom. The van der Waals surface area contributed by atoms with Gasteiger partial charge in [-0.1, -0.05) is 64.7 Å². The zero-order valence-electron chi connectivity index (χ0n) is 13.0. The number of phosphoric ester groups is 1. The molecule has 0 aromatic heterocycles. The van der Waals surface area contributed by atoms with Crippen molar-refractivity contribution < 1.29 is 18.1 Å². The van der Waals surface area contributed by atoms with Crippen LogP contribution in [-0.4, -0.2) is 19.8 Å². The molecule has 0 aliphatic carbocycles. The minimum absolute atomic E-state index is 0.480. The molecule has 1 fully saturated rings. The van der Waals surface area contributed by atoms with Crippen LogP contribution in [0.5, 0.6) is 0 Å². The second-order valence-corrected chi connectivity index (χ2v) is 7.15. The van der Waals surface area contributed by atoms with Crippen molar-refractivity contribution in [1.29, 1.82) is 0 Å². The normalized spacial score (nSPS) is 18.2. The Hall–Kier alpha value is 0.110. The zero-order chi connectivity index (χ0) is 14.5. The minimum atomic E-state index is -3.19. The van der Waals surface area contributed by atoms with Gasteiger partial charge >= 0.3 is 7.82 Å². The smallest absolute Gasteiger partial charge is 0.287 e. The Labute approximate surface area is 124 Å². The number of unbranched alkanes of at least 4 members (excludes halogenated alkanes) is 9. The highest BCUT2D eigenvalue weighted by Gasteiger charge is 2.29. The highest BCUT2D eigenvalue weighted by molar-refractivity contribution is 7.48. The summed E-state index contributed by atoms with van der Waals surface area (Å²) >= 11 is 0. The molecule has 1 aliphatic rings. The third-order valence-electron chi connectivity index (χ3n) is 3.53. The standard InChI is InChI=1S/C15H31O4P/c1-2-3-4-5-6-7-8-9-10-11-13-17-20(16)18-14-12-15-19-20/h2-15H2,1H3. The topological polar surface area (TPSA) is 44.8 Å². The van der Waals surface area contributed by atoms with Crippen LogP contribution in [0.2, 0.25) is 0 Å². The molecular formula is C15H31O4P. The summed E-state index contributed by atoms with van der Waals surface area (Å²) in [5, 5.41) is 0. The van der Waals surface area contributed by atoms with Crippen LogP contribution in [0.25, 0.3) is 0 Å². The van der Waals surface area contributed by atoms with E-state index in [0.29, 0.717) is 19.8 Å². The molecule has 1 saturated heterocycles. The van der Waals surface area contributed by atoms with E-state index < -0.39 is 7.82 Å². The fraction of sp³-hybridized carbons (Fsp3) is 1.00. The molecule has 0 N–H and O–H groups in total. The summed E-state index contributed by atoms with van der Waals surface area (Å²) in [6.45, 7) is 3.69. The molecule has 120 valence electrons. The lowest BCUT2D eigenvalue weighted by atomic mass is 10.1. The van der Waals surface area contributed by atoms with Gasteiger partial charge in [-0.3, -0.25) is 13.6 Å². The predicted molar refractivity (Wildman–Crippen MR) is 81.9 cm³/mol. The van der Waals surface area contributed by atoms with Crippen LogP contribution in [0, 0.1) is 0 Å². The summed E-state index contributed by atoms with van der Waals surface area (Å²) in [4.78, 5) is 0. The molecule has 0 amide bonds. The lowest BCUT2D eigenvalue weighted by molar-refractivity contribution is 0.0738. The van der Waals surface area contributed by atoms with Crippen molar-refractivity contribution >= 4 is 7.82 Å². The predicted octanol–water partition coefficient (Wildman–Crippen LogP) is 5.47. The summed E-state index contributed by atoms with van der Waals surface area (Å²) in [6.07, 6.45) is 13.6. The number of rotatable bonds is 12. The highest BCUT2D eigenvalue weighted by Crippen LogP contribution is 2.51. The highest BCUT2D eigenvalue weighted by atomic mass is 31.2. The van der Waals surface area contributed by atoms with Crippen molar-refractivity contribution in [1.82, 2.24) is 0 Å². The molecule has 4 nitrogen and oxygen atoms in total. The Balaban J connectivity index is 1.81. The Bertz CT molecular complexity index is 261. The van der Waals surface area contributed by atoms with Crippen molar-refractivity contribution in [3.8, 4) is 0 Å². The summed E-state index contributed by atoms with van der Waals surface area (Å²) < 4.78 is 27.2. The fourth-order valence-electron chi connectivity index (χ4n) is 2.29. The van der Waals surface area contributed by atoms with Crippen LogP contribution in [0.1, 0.15) is 77.6 Å². The molecule has 0 spiro atoms. The molecule has 5 heteroatoms. The summed E-state index contributed by atoms with van der Waals surface area (Å²) in [6, 6.07) is 0. The molecule has 0 radical (unpaired) electrons. The molecular weight excluding hydrogens is 275 g/mol. The summed E-state index contributed by atoms with van der Waals surface area (Å²) in [5.41, 5.74) is 0. The first-order chi connectivity index (χ1) is 9.77. The van der Waals surface area contributed by atoms with Gasteiger partial charge in [0.2, 0.25) is 0 Å². The van der Waals surface area contributed by atoms with E-state index in [9.17, 15) is 4.57 Å². The van der Waals surface area contributed by atoms with Gasteiger partial charge in [0.1, 0.15) is 0 Å². The van der Waals surface area contributed by atoms with E-state index in [1.807, 2.05) is 0 Å². The average Bonchev–Trinajstić information content (AvgIpc) is 2.45. The second kappa shape index (κ2) is 11.7. The maximum atomic E-state index is 11.8. The number of hydrogen-bond acceptors (Lipinski definition) is 4. The van der Waals surface area contributed by atoms with Gasteiger partial charge < -0.3 is 0 Å². The van der Waals surface area contributed by atoms with E-state index in [1.54, 1.807) is 0 Å². The Morgan fingerprint density at radius 3 is 1.90 bits per heavy atom. The van der Waals surface area contributed by atoms with Gasteiger partial charge in [0.25, 0.3) is 0 Å². The number of hydrogen-bond donors (Lipinski definition) is 0. The van der Waals surface area contributed by atoms with Crippen LogP contribution < -0.4 is 0 Å². The molecule has 1 rings (SSSR count). The Kier molecular flexibility index (Phi) is 10.7. The maximum Gasteiger partial charge on any atom is 0.474 e. The lowest BCUT2D eigenvalue weighted by Gasteiger charge is -2.21. The van der Waals surface area contributed by atoms with Gasteiger partial charge in [-0.25, -0.2) is 4.57 Å². The SMILES string of the molecule is CCCCCCCCCCCCOP1(=O)OCCCO1. The van der Waals surface area contributed by atoms with Crippen LogP contribution in [0.4, 0.5) is 0 Å². The molecule has 1 heterocycles. The van der Waals surface area contributed by atoms with Crippen LogP contribution in [0.15, 0.2) is 0 Å². The average molecular weight is 306 g/mol. The van der Waals surface area contributed by atoms with Crippen LogP contribution in [-0.2, 0) is 18.1 Å². The minimum Gasteiger partial charge on any atom is -0.287 e. The van der Waals surface area contributed by atoms with Gasteiger partial charge in [-0.2, -0.15) is 0 Å². The van der Waals surface area contributed by atoms with E-state index in [2.05, 4.69) is 6.92 Å². The van der Waals surface area contributed by atoms with Crippen molar-refractivity contribution in [3.05, 3.63) is 0 Å². The first-order valence-electron chi connectivity index (χ1n) is 8.30. The summed E-state index contributed by atoms with van der Waals surface area (Å²) in [5.74, 6) is 0. The largest absolute Gasteiger partial charge is 0.474 e. The second-order valence-electron chi connectivity index (χ2n) is 5.48. The van der Waals surface area contributed by atoms with Crippen molar-refractivity contribution in [3.63, 3.8) is 0 Å². The quantitative estimate of drug-likeness (QED) is 0.354. The monoisotopic (exact) mass is 306 g/mol. The molecule has 1 aliphatic heterocycles. The van der Waals surface area contributed by atoms with E-state index in [0.717, 1.165) is 19.3 Å². The van der Waals surface area contributed by atoms with E-state index in [4.69, 9.17) is 13.6 Å². The molecule has 0 atom stereocenters. The van der Waals surface area contributed by atoms with Crippen molar-refractivity contribution in [2.45, 2.75) is 77.6 Å².